The zero-order valence-corrected chi connectivity index (χ0v) is 20.5. The number of ether oxygens (including phenoxy) is 1. The molecule has 0 unspecified atom stereocenters. The Balaban J connectivity index is 1.57. The minimum absolute atomic E-state index is 0.0953. The van der Waals surface area contributed by atoms with Crippen molar-refractivity contribution in [3.8, 4) is 0 Å². The summed E-state index contributed by atoms with van der Waals surface area (Å²) >= 11 is 5.61. The van der Waals surface area contributed by atoms with Gasteiger partial charge in [-0.3, -0.25) is 0 Å². The number of nitrogens with one attached hydrogen (secondary N) is 1. The molecule has 10 heteroatoms. The predicted molar refractivity (Wildman–Crippen MR) is 133 cm³/mol. The van der Waals surface area contributed by atoms with E-state index in [-0.39, 0.29) is 22.8 Å². The molecular formula is C24H27FN4O3S2. The average Bonchev–Trinajstić information content (AvgIpc) is 3.57. The molecule has 0 spiro atoms. The van der Waals surface area contributed by atoms with Crippen LogP contribution in [0.25, 0.3) is 0 Å². The van der Waals surface area contributed by atoms with Crippen LogP contribution in [0.1, 0.15) is 30.1 Å². The van der Waals surface area contributed by atoms with E-state index < -0.39 is 9.84 Å². The van der Waals surface area contributed by atoms with E-state index in [0.29, 0.717) is 30.5 Å². The lowest BCUT2D eigenvalue weighted by Crippen LogP contribution is -2.37. The minimum Gasteiger partial charge on any atom is -0.383 e. The standard InChI is InChI=1S/C24H27FN4O3S2/c1-32-14-13-28(23(33)27-20-9-7-19(25)8-10-20)16-22-15-26-24(29(22)21-11-12-21)34(30,31)17-18-5-3-2-4-6-18/h2-10,15,21H,11-14,16-17H2,1H3,(H,27,33). The largest absolute Gasteiger partial charge is 0.383 e. The molecule has 0 amide bonds. The van der Waals surface area contributed by atoms with Crippen molar-refractivity contribution in [3.63, 3.8) is 0 Å². The highest BCUT2D eigenvalue weighted by molar-refractivity contribution is 7.90. The van der Waals surface area contributed by atoms with E-state index in [0.717, 1.165) is 24.1 Å². The van der Waals surface area contributed by atoms with Crippen LogP contribution >= 0.6 is 12.2 Å². The summed E-state index contributed by atoms with van der Waals surface area (Å²) in [5, 5.41) is 3.65. The van der Waals surface area contributed by atoms with Crippen molar-refractivity contribution in [1.82, 2.24) is 14.5 Å². The van der Waals surface area contributed by atoms with Gasteiger partial charge in [-0.25, -0.2) is 17.8 Å². The predicted octanol–water partition coefficient (Wildman–Crippen LogP) is 4.18. The van der Waals surface area contributed by atoms with Gasteiger partial charge >= 0.3 is 0 Å². The van der Waals surface area contributed by atoms with Gasteiger partial charge in [-0.2, -0.15) is 0 Å². The van der Waals surface area contributed by atoms with E-state index in [1.807, 2.05) is 27.7 Å². The van der Waals surface area contributed by atoms with Crippen LogP contribution < -0.4 is 5.32 Å². The highest BCUT2D eigenvalue weighted by Gasteiger charge is 2.34. The number of methoxy groups -OCH3 is 1. The summed E-state index contributed by atoms with van der Waals surface area (Å²) in [6.45, 7) is 1.29. The molecule has 1 saturated carbocycles. The summed E-state index contributed by atoms with van der Waals surface area (Å²) in [5.74, 6) is -0.431. The normalized spacial score (nSPS) is 13.6. The molecule has 0 saturated heterocycles. The lowest BCUT2D eigenvalue weighted by molar-refractivity contribution is 0.174. The van der Waals surface area contributed by atoms with Gasteiger partial charge < -0.3 is 19.5 Å². The molecule has 180 valence electrons. The van der Waals surface area contributed by atoms with Crippen molar-refractivity contribution >= 4 is 32.9 Å². The first-order chi connectivity index (χ1) is 16.4. The van der Waals surface area contributed by atoms with Crippen LogP contribution in [0.5, 0.6) is 0 Å². The van der Waals surface area contributed by atoms with E-state index in [4.69, 9.17) is 17.0 Å². The molecule has 34 heavy (non-hydrogen) atoms. The lowest BCUT2D eigenvalue weighted by Gasteiger charge is -2.26. The number of thiocarbonyl (C=S) groups is 1. The number of sulfone groups is 1. The first kappa shape index (κ1) is 24.3. The number of halogens is 1. The highest BCUT2D eigenvalue weighted by atomic mass is 32.2. The van der Waals surface area contributed by atoms with Crippen LogP contribution in [0.2, 0.25) is 0 Å². The van der Waals surface area contributed by atoms with E-state index in [9.17, 15) is 12.8 Å². The van der Waals surface area contributed by atoms with Crippen molar-refractivity contribution in [2.75, 3.05) is 25.6 Å². The van der Waals surface area contributed by atoms with Gasteiger partial charge in [0.05, 0.1) is 30.8 Å². The fraction of sp³-hybridized carbons (Fsp3) is 0.333. The zero-order valence-electron chi connectivity index (χ0n) is 18.9. The summed E-state index contributed by atoms with van der Waals surface area (Å²) in [5.41, 5.74) is 2.16. The third kappa shape index (κ3) is 5.99. The summed E-state index contributed by atoms with van der Waals surface area (Å²) < 4.78 is 46.8. The Morgan fingerprint density at radius 3 is 2.56 bits per heavy atom. The van der Waals surface area contributed by atoms with Gasteiger partial charge in [0, 0.05) is 25.4 Å². The molecule has 2 aromatic carbocycles. The summed E-state index contributed by atoms with van der Waals surface area (Å²) in [7, 11) is -2.02. The second kappa shape index (κ2) is 10.6. The molecule has 0 radical (unpaired) electrons. The third-order valence-corrected chi connectivity index (χ3v) is 7.46. The van der Waals surface area contributed by atoms with E-state index >= 15 is 0 Å². The molecule has 1 aromatic heterocycles. The van der Waals surface area contributed by atoms with Crippen molar-refractivity contribution in [2.45, 2.75) is 36.3 Å². The van der Waals surface area contributed by atoms with E-state index in [2.05, 4.69) is 10.3 Å². The number of anilines is 1. The Hall–Kier alpha value is -2.82. The minimum atomic E-state index is -3.63. The monoisotopic (exact) mass is 502 g/mol. The molecule has 1 fully saturated rings. The quantitative estimate of drug-likeness (QED) is 0.417. The number of benzene rings is 2. The van der Waals surface area contributed by atoms with Crippen LogP contribution in [-0.4, -0.2) is 48.2 Å². The second-order valence-corrected chi connectivity index (χ2v) is 10.5. The molecule has 3 aromatic rings. The third-order valence-electron chi connectivity index (χ3n) is 5.53. The molecular weight excluding hydrogens is 475 g/mol. The summed E-state index contributed by atoms with van der Waals surface area (Å²) in [6.07, 6.45) is 3.44. The van der Waals surface area contributed by atoms with Crippen LogP contribution in [-0.2, 0) is 26.9 Å². The maximum Gasteiger partial charge on any atom is 0.228 e. The maximum absolute atomic E-state index is 13.3. The number of hydrogen-bond acceptors (Lipinski definition) is 5. The fourth-order valence-corrected chi connectivity index (χ4v) is 5.50. The van der Waals surface area contributed by atoms with Crippen LogP contribution in [0.15, 0.2) is 66.0 Å². The summed E-state index contributed by atoms with van der Waals surface area (Å²) in [4.78, 5) is 6.24. The number of rotatable bonds is 10. The van der Waals surface area contributed by atoms with Crippen molar-refractivity contribution < 1.29 is 17.5 Å². The van der Waals surface area contributed by atoms with Gasteiger partial charge in [0.1, 0.15) is 5.82 Å². The van der Waals surface area contributed by atoms with Gasteiger partial charge in [0.2, 0.25) is 15.0 Å². The smallest absolute Gasteiger partial charge is 0.228 e. The Kier molecular flexibility index (Phi) is 7.60. The molecule has 4 rings (SSSR count). The Morgan fingerprint density at radius 2 is 1.91 bits per heavy atom. The molecule has 7 nitrogen and oxygen atoms in total. The Morgan fingerprint density at radius 1 is 1.21 bits per heavy atom. The zero-order chi connectivity index (χ0) is 24.1. The number of nitrogens with zero attached hydrogens (tertiary/aromatic N) is 3. The van der Waals surface area contributed by atoms with Crippen LogP contribution in [0.4, 0.5) is 10.1 Å². The van der Waals surface area contributed by atoms with Gasteiger partial charge in [-0.1, -0.05) is 30.3 Å². The van der Waals surface area contributed by atoms with Gasteiger partial charge in [-0.15, -0.1) is 0 Å². The summed E-state index contributed by atoms with van der Waals surface area (Å²) in [6, 6.07) is 15.2. The molecule has 1 heterocycles. The van der Waals surface area contributed by atoms with Gasteiger partial charge in [-0.05, 0) is 54.9 Å². The van der Waals surface area contributed by atoms with Gasteiger partial charge in [0.15, 0.2) is 5.11 Å². The Labute approximate surface area is 204 Å². The molecule has 0 aliphatic heterocycles. The molecule has 0 bridgehead atoms. The first-order valence-electron chi connectivity index (χ1n) is 11.0. The van der Waals surface area contributed by atoms with E-state index in [1.165, 1.54) is 12.1 Å². The Bertz CT molecular complexity index is 1230. The molecule has 1 aliphatic carbocycles. The second-order valence-electron chi connectivity index (χ2n) is 8.23. The number of hydrogen-bond donors (Lipinski definition) is 1. The molecule has 1 N–H and O–H groups in total. The number of aromatic nitrogens is 2. The molecule has 0 atom stereocenters. The highest BCUT2D eigenvalue weighted by Crippen LogP contribution is 2.39. The maximum atomic E-state index is 13.3. The van der Waals surface area contributed by atoms with Crippen molar-refractivity contribution in [3.05, 3.63) is 77.9 Å². The van der Waals surface area contributed by atoms with Crippen molar-refractivity contribution in [1.29, 1.82) is 0 Å². The SMILES string of the molecule is COCCN(Cc1cnc(S(=O)(=O)Cc2ccccc2)n1C1CC1)C(=S)Nc1ccc(F)cc1. The molecule has 1 aliphatic rings. The topological polar surface area (TPSA) is 76.5 Å². The van der Waals surface area contributed by atoms with E-state index in [1.54, 1.807) is 37.6 Å². The van der Waals surface area contributed by atoms with Crippen LogP contribution in [0.3, 0.4) is 0 Å². The number of imidazole rings is 1. The first-order valence-corrected chi connectivity index (χ1v) is 13.1. The lowest BCUT2D eigenvalue weighted by atomic mass is 10.2. The fourth-order valence-electron chi connectivity index (χ4n) is 3.69. The van der Waals surface area contributed by atoms with Crippen LogP contribution in [0, 0.1) is 5.82 Å². The van der Waals surface area contributed by atoms with Crippen molar-refractivity contribution in [2.24, 2.45) is 0 Å². The average molecular weight is 503 g/mol. The van der Waals surface area contributed by atoms with Gasteiger partial charge in [0.25, 0.3) is 0 Å².